The predicted molar refractivity (Wildman–Crippen MR) is 106 cm³/mol. The number of carbonyl (C=O) groups excluding carboxylic acids is 2. The highest BCUT2D eigenvalue weighted by atomic mass is 32.2. The normalized spacial score (nSPS) is 15.8. The number of carbonyl (C=O) groups is 2. The third-order valence-electron chi connectivity index (χ3n) is 4.47. The SMILES string of the molecule is C#CCN1C(=O)SC(=Cc2cc(C)n(-c3ccc(C)cc3C)c2C)C1=O. The van der Waals surface area contributed by atoms with Crippen molar-refractivity contribution in [2.24, 2.45) is 0 Å². The highest BCUT2D eigenvalue weighted by molar-refractivity contribution is 8.18. The molecule has 132 valence electrons. The molecule has 2 heterocycles. The lowest BCUT2D eigenvalue weighted by molar-refractivity contribution is -0.122. The fourth-order valence-electron chi connectivity index (χ4n) is 3.23. The van der Waals surface area contributed by atoms with E-state index in [4.69, 9.17) is 6.42 Å². The summed E-state index contributed by atoms with van der Waals surface area (Å²) in [6, 6.07) is 8.38. The molecule has 1 aliphatic rings. The minimum Gasteiger partial charge on any atom is -0.318 e. The van der Waals surface area contributed by atoms with Crippen molar-refractivity contribution in [2.45, 2.75) is 27.7 Å². The second-order valence-electron chi connectivity index (χ2n) is 6.42. The van der Waals surface area contributed by atoms with E-state index in [2.05, 4.69) is 42.5 Å². The molecule has 0 bridgehead atoms. The van der Waals surface area contributed by atoms with Crippen molar-refractivity contribution in [3.05, 3.63) is 57.2 Å². The van der Waals surface area contributed by atoms with Gasteiger partial charge in [-0.3, -0.25) is 14.5 Å². The molecule has 26 heavy (non-hydrogen) atoms. The van der Waals surface area contributed by atoms with Gasteiger partial charge in [-0.15, -0.1) is 6.42 Å². The fourth-order valence-corrected chi connectivity index (χ4v) is 4.06. The summed E-state index contributed by atoms with van der Waals surface area (Å²) in [6.45, 7) is 8.22. The molecule has 2 amide bonds. The Morgan fingerprint density at radius 3 is 2.54 bits per heavy atom. The maximum Gasteiger partial charge on any atom is 0.294 e. The first-order valence-electron chi connectivity index (χ1n) is 8.29. The van der Waals surface area contributed by atoms with E-state index in [9.17, 15) is 9.59 Å². The lowest BCUT2D eigenvalue weighted by Gasteiger charge is -2.13. The Labute approximate surface area is 157 Å². The van der Waals surface area contributed by atoms with Crippen molar-refractivity contribution in [1.29, 1.82) is 0 Å². The second-order valence-corrected chi connectivity index (χ2v) is 7.42. The molecule has 5 heteroatoms. The second kappa shape index (κ2) is 6.89. The van der Waals surface area contributed by atoms with Gasteiger partial charge in [-0.25, -0.2) is 0 Å². The smallest absolute Gasteiger partial charge is 0.294 e. The number of aromatic nitrogens is 1. The molecule has 1 aromatic carbocycles. The van der Waals surface area contributed by atoms with E-state index >= 15 is 0 Å². The van der Waals surface area contributed by atoms with E-state index < -0.39 is 0 Å². The molecule has 1 aromatic heterocycles. The summed E-state index contributed by atoms with van der Waals surface area (Å²) >= 11 is 0.935. The van der Waals surface area contributed by atoms with Gasteiger partial charge in [0.25, 0.3) is 11.1 Å². The number of imide groups is 1. The Bertz CT molecular complexity index is 992. The summed E-state index contributed by atoms with van der Waals surface area (Å²) in [6.07, 6.45) is 7.02. The van der Waals surface area contributed by atoms with Crippen LogP contribution in [0.3, 0.4) is 0 Å². The van der Waals surface area contributed by atoms with Crippen LogP contribution >= 0.6 is 11.8 Å². The first kappa shape index (κ1) is 18.1. The van der Waals surface area contributed by atoms with Crippen LogP contribution in [0, 0.1) is 40.0 Å². The Balaban J connectivity index is 2.03. The molecule has 1 fully saturated rings. The fraction of sp³-hybridized carbons (Fsp3) is 0.238. The summed E-state index contributed by atoms with van der Waals surface area (Å²) in [5, 5.41) is -0.317. The number of rotatable bonds is 3. The van der Waals surface area contributed by atoms with Gasteiger partial charge in [-0.05, 0) is 68.8 Å². The molecule has 0 unspecified atom stereocenters. The average Bonchev–Trinajstić information content (AvgIpc) is 2.99. The third kappa shape index (κ3) is 3.09. The summed E-state index contributed by atoms with van der Waals surface area (Å²) in [5.74, 6) is 2.03. The van der Waals surface area contributed by atoms with Crippen LogP contribution in [0.4, 0.5) is 4.79 Å². The number of amides is 2. The van der Waals surface area contributed by atoms with Crippen LogP contribution < -0.4 is 0 Å². The van der Waals surface area contributed by atoms with E-state index in [0.717, 1.165) is 39.3 Å². The van der Waals surface area contributed by atoms with Crippen molar-refractivity contribution in [3.63, 3.8) is 0 Å². The summed E-state index contributed by atoms with van der Waals surface area (Å²) in [4.78, 5) is 25.9. The van der Waals surface area contributed by atoms with Gasteiger partial charge >= 0.3 is 0 Å². The van der Waals surface area contributed by atoms with Crippen molar-refractivity contribution >= 4 is 29.0 Å². The molecule has 0 radical (unpaired) electrons. The zero-order chi connectivity index (χ0) is 19.0. The van der Waals surface area contributed by atoms with Crippen molar-refractivity contribution in [3.8, 4) is 18.0 Å². The number of terminal acetylenes is 1. The highest BCUT2D eigenvalue weighted by Crippen LogP contribution is 2.33. The Kier molecular flexibility index (Phi) is 4.80. The summed E-state index contributed by atoms with van der Waals surface area (Å²) < 4.78 is 2.17. The zero-order valence-corrected chi connectivity index (χ0v) is 16.1. The number of thioether (sulfide) groups is 1. The van der Waals surface area contributed by atoms with E-state index in [0.29, 0.717) is 4.91 Å². The van der Waals surface area contributed by atoms with E-state index in [-0.39, 0.29) is 17.7 Å². The van der Waals surface area contributed by atoms with Crippen LogP contribution in [-0.2, 0) is 4.79 Å². The van der Waals surface area contributed by atoms with Gasteiger partial charge in [0.15, 0.2) is 0 Å². The maximum absolute atomic E-state index is 12.4. The van der Waals surface area contributed by atoms with Gasteiger partial charge in [-0.1, -0.05) is 23.6 Å². The lowest BCUT2D eigenvalue weighted by atomic mass is 10.1. The van der Waals surface area contributed by atoms with Crippen LogP contribution in [-0.4, -0.2) is 27.2 Å². The first-order valence-corrected chi connectivity index (χ1v) is 9.10. The van der Waals surface area contributed by atoms with Crippen molar-refractivity contribution in [1.82, 2.24) is 9.47 Å². The van der Waals surface area contributed by atoms with E-state index in [1.54, 1.807) is 6.08 Å². The molecule has 0 N–H and O–H groups in total. The topological polar surface area (TPSA) is 42.3 Å². The van der Waals surface area contributed by atoms with E-state index in [1.807, 2.05) is 19.9 Å². The number of hydrogen-bond acceptors (Lipinski definition) is 3. The van der Waals surface area contributed by atoms with Gasteiger partial charge in [0, 0.05) is 17.1 Å². The molecular weight excluding hydrogens is 344 g/mol. The van der Waals surface area contributed by atoms with Crippen LogP contribution in [0.15, 0.2) is 29.2 Å². The molecule has 4 nitrogen and oxygen atoms in total. The van der Waals surface area contributed by atoms with Crippen molar-refractivity contribution < 1.29 is 9.59 Å². The molecule has 3 rings (SSSR count). The molecule has 0 aliphatic carbocycles. The standard InChI is InChI=1S/C21H20N2O2S/c1-6-9-22-20(24)19(26-21(22)25)12-17-11-15(4)23(16(17)5)18-8-7-13(2)10-14(18)3/h1,7-8,10-12H,9H2,2-5H3. The van der Waals surface area contributed by atoms with Crippen LogP contribution in [0.2, 0.25) is 0 Å². The number of benzene rings is 1. The van der Waals surface area contributed by atoms with Crippen LogP contribution in [0.1, 0.15) is 28.1 Å². The van der Waals surface area contributed by atoms with Gasteiger partial charge in [-0.2, -0.15) is 0 Å². The van der Waals surface area contributed by atoms with Gasteiger partial charge in [0.05, 0.1) is 11.4 Å². The molecule has 1 saturated heterocycles. The number of nitrogens with zero attached hydrogens (tertiary/aromatic N) is 2. The minimum atomic E-state index is -0.325. The minimum absolute atomic E-state index is 0.00356. The van der Waals surface area contributed by atoms with E-state index in [1.165, 1.54) is 11.1 Å². The van der Waals surface area contributed by atoms with Gasteiger partial charge < -0.3 is 4.57 Å². The first-order chi connectivity index (χ1) is 12.3. The van der Waals surface area contributed by atoms with Crippen LogP contribution in [0.5, 0.6) is 0 Å². The summed E-state index contributed by atoms with van der Waals surface area (Å²) in [5.41, 5.74) is 6.55. The Morgan fingerprint density at radius 2 is 1.88 bits per heavy atom. The quantitative estimate of drug-likeness (QED) is 0.599. The number of aryl methyl sites for hydroxylation is 3. The molecule has 1 aliphatic heterocycles. The number of hydrogen-bond donors (Lipinski definition) is 0. The molecular formula is C21H20N2O2S. The molecule has 2 aromatic rings. The van der Waals surface area contributed by atoms with Gasteiger partial charge in [0.2, 0.25) is 0 Å². The Hall–Kier alpha value is -2.71. The zero-order valence-electron chi connectivity index (χ0n) is 15.3. The average molecular weight is 364 g/mol. The van der Waals surface area contributed by atoms with Gasteiger partial charge in [0.1, 0.15) is 0 Å². The predicted octanol–water partition coefficient (Wildman–Crippen LogP) is 4.38. The highest BCUT2D eigenvalue weighted by Gasteiger charge is 2.34. The largest absolute Gasteiger partial charge is 0.318 e. The van der Waals surface area contributed by atoms with Crippen molar-refractivity contribution in [2.75, 3.05) is 6.54 Å². The molecule has 0 saturated carbocycles. The Morgan fingerprint density at radius 1 is 1.15 bits per heavy atom. The molecule has 0 atom stereocenters. The third-order valence-corrected chi connectivity index (χ3v) is 5.38. The molecule has 0 spiro atoms. The van der Waals surface area contributed by atoms with Crippen LogP contribution in [0.25, 0.3) is 11.8 Å². The monoisotopic (exact) mass is 364 g/mol. The summed E-state index contributed by atoms with van der Waals surface area (Å²) in [7, 11) is 0. The lowest BCUT2D eigenvalue weighted by Crippen LogP contribution is -2.28. The maximum atomic E-state index is 12.4.